The van der Waals surface area contributed by atoms with Gasteiger partial charge in [-0.1, -0.05) is 32.8 Å². The van der Waals surface area contributed by atoms with Gasteiger partial charge in [0.1, 0.15) is 0 Å². The zero-order valence-electron chi connectivity index (χ0n) is 25.5. The number of fused-ring (bicyclic) bond motifs is 4. The molecule has 0 aromatic heterocycles. The van der Waals surface area contributed by atoms with Crippen LogP contribution in [0.25, 0.3) is 0 Å². The van der Waals surface area contributed by atoms with Crippen molar-refractivity contribution in [2.24, 2.45) is 34.5 Å². The Morgan fingerprint density at radius 2 is 1.65 bits per heavy atom. The maximum atomic E-state index is 14.3. The van der Waals surface area contributed by atoms with Crippen molar-refractivity contribution in [3.63, 3.8) is 0 Å². The Kier molecular flexibility index (Phi) is 7.92. The first kappa shape index (κ1) is 30.6. The van der Waals surface area contributed by atoms with Crippen LogP contribution >= 0.6 is 0 Å². The molecule has 0 bridgehead atoms. The average molecular weight is 600 g/mol. The third kappa shape index (κ3) is 5.46. The summed E-state index contributed by atoms with van der Waals surface area (Å²) in [6, 6.07) is 0. The second-order valence-corrected chi connectivity index (χ2v) is 19.0. The molecule has 4 aliphatic carbocycles. The molecule has 10 heteroatoms. The van der Waals surface area contributed by atoms with Gasteiger partial charge in [0.05, 0.1) is 0 Å². The molecule has 8 atom stereocenters. The van der Waals surface area contributed by atoms with E-state index in [1.54, 1.807) is 6.92 Å². The minimum Gasteiger partial charge on any atom is -0.415 e. The van der Waals surface area contributed by atoms with E-state index in [4.69, 9.17) is 5.80 Å². The zero-order chi connectivity index (χ0) is 31.0. The summed E-state index contributed by atoms with van der Waals surface area (Å²) < 4.78 is 107. The first-order valence-corrected chi connectivity index (χ1v) is 18.1. The highest BCUT2D eigenvalue weighted by Gasteiger charge is 2.71. The van der Waals surface area contributed by atoms with Crippen LogP contribution in [0.4, 0.5) is 30.7 Å². The largest absolute Gasteiger partial charge is 0.431 e. The minimum atomic E-state index is -6.16. The number of carbonyl (C=O) groups excluding carboxylic acids is 1. The van der Waals surface area contributed by atoms with Crippen molar-refractivity contribution in [2.75, 3.05) is 0 Å². The summed E-state index contributed by atoms with van der Waals surface area (Å²) >= 11 is 0. The van der Waals surface area contributed by atoms with E-state index < -0.39 is 50.5 Å². The summed E-state index contributed by atoms with van der Waals surface area (Å²) in [4.78, 5) is 13.6. The summed E-state index contributed by atoms with van der Waals surface area (Å²) in [7, 11) is -1.66. The van der Waals surface area contributed by atoms with E-state index in [0.29, 0.717) is 5.92 Å². The molecule has 0 radical (unpaired) electrons. The first-order chi connectivity index (χ1) is 18.5. The second kappa shape index (κ2) is 10.4. The van der Waals surface area contributed by atoms with Gasteiger partial charge in [-0.05, 0) is 112 Å². The standard InChI is InChI=1S/C30H45F7O2Si/c1-18(8-7-13-28(31,29(32,33)34)30(35,36)37)23-17-24(38)25-21-10-9-19-16-20(39-40(4,5)6)11-14-26(19,2)22(21)12-15-27(23,25)3/h18-20,22-23H,7-17H2,1-6H3/t18-,19+,20+,22+,23-,26+,27-/m1/s1/i7D/t7-,18-,19+,20+,22+,23-,26+,27-. The summed E-state index contributed by atoms with van der Waals surface area (Å²) in [5.74, 6) is 0.00448. The van der Waals surface area contributed by atoms with Crippen LogP contribution in [0.2, 0.25) is 19.6 Å². The number of halogens is 7. The lowest BCUT2D eigenvalue weighted by Crippen LogP contribution is -2.53. The molecule has 4 aliphatic rings. The molecule has 3 saturated carbocycles. The zero-order valence-corrected chi connectivity index (χ0v) is 25.5. The van der Waals surface area contributed by atoms with Crippen LogP contribution in [-0.2, 0) is 9.22 Å². The molecule has 2 nitrogen and oxygen atoms in total. The number of alkyl halides is 7. The van der Waals surface area contributed by atoms with Crippen molar-refractivity contribution in [1.29, 1.82) is 0 Å². The van der Waals surface area contributed by atoms with Gasteiger partial charge in [-0.15, -0.1) is 0 Å². The number of carbonyl (C=O) groups is 1. The van der Waals surface area contributed by atoms with E-state index in [-0.39, 0.29) is 42.0 Å². The Hall–Kier alpha value is -0.903. The van der Waals surface area contributed by atoms with Crippen molar-refractivity contribution >= 4 is 14.1 Å². The van der Waals surface area contributed by atoms with Gasteiger partial charge in [-0.3, -0.25) is 4.79 Å². The molecule has 0 amide bonds. The Bertz CT molecular complexity index is 1040. The molecule has 0 unspecified atom stereocenters. The van der Waals surface area contributed by atoms with E-state index >= 15 is 0 Å². The first-order valence-electron chi connectivity index (χ1n) is 15.3. The molecule has 230 valence electrons. The molecule has 40 heavy (non-hydrogen) atoms. The molecular formula is C30H45F7O2Si. The molecule has 0 aromatic rings. The van der Waals surface area contributed by atoms with Crippen LogP contribution in [0, 0.1) is 34.5 Å². The Labute approximate surface area is 236 Å². The highest BCUT2D eigenvalue weighted by Crippen LogP contribution is 2.65. The van der Waals surface area contributed by atoms with E-state index in [9.17, 15) is 35.5 Å². The maximum absolute atomic E-state index is 14.3. The molecule has 0 aliphatic heterocycles. The fourth-order valence-corrected chi connectivity index (χ4v) is 10.1. The molecule has 0 N–H and O–H groups in total. The van der Waals surface area contributed by atoms with Gasteiger partial charge in [0.15, 0.2) is 14.1 Å². The van der Waals surface area contributed by atoms with Gasteiger partial charge in [-0.2, -0.15) is 26.3 Å². The van der Waals surface area contributed by atoms with E-state index in [0.717, 1.165) is 50.5 Å². The van der Waals surface area contributed by atoms with Crippen LogP contribution in [0.3, 0.4) is 0 Å². The van der Waals surface area contributed by atoms with Crippen LogP contribution in [0.15, 0.2) is 11.1 Å². The topological polar surface area (TPSA) is 26.3 Å². The van der Waals surface area contributed by atoms with E-state index in [1.165, 1.54) is 5.57 Å². The smallest absolute Gasteiger partial charge is 0.415 e. The van der Waals surface area contributed by atoms with Gasteiger partial charge < -0.3 is 4.43 Å². The van der Waals surface area contributed by atoms with Crippen molar-refractivity contribution in [2.45, 2.75) is 135 Å². The number of hydrogen-bond donors (Lipinski definition) is 0. The van der Waals surface area contributed by atoms with Gasteiger partial charge in [0.2, 0.25) is 0 Å². The third-order valence-electron chi connectivity index (χ3n) is 10.9. The lowest BCUT2D eigenvalue weighted by molar-refractivity contribution is -0.343. The predicted molar refractivity (Wildman–Crippen MR) is 143 cm³/mol. The van der Waals surface area contributed by atoms with Gasteiger partial charge in [-0.25, -0.2) is 4.39 Å². The number of rotatable bonds is 7. The second-order valence-electron chi connectivity index (χ2n) is 14.5. The van der Waals surface area contributed by atoms with Gasteiger partial charge in [0.25, 0.3) is 5.67 Å². The Morgan fingerprint density at radius 1 is 1.02 bits per heavy atom. The Morgan fingerprint density at radius 3 is 2.23 bits per heavy atom. The highest BCUT2D eigenvalue weighted by atomic mass is 28.4. The van der Waals surface area contributed by atoms with Crippen LogP contribution in [0.1, 0.15) is 92.7 Å². The van der Waals surface area contributed by atoms with E-state index in [1.807, 2.05) is 6.92 Å². The lowest BCUT2D eigenvalue weighted by atomic mass is 9.48. The summed E-state index contributed by atoms with van der Waals surface area (Å²) in [5.41, 5.74) is -3.86. The monoisotopic (exact) mass is 599 g/mol. The van der Waals surface area contributed by atoms with Crippen LogP contribution in [-0.4, -0.2) is 38.2 Å². The lowest BCUT2D eigenvalue weighted by Gasteiger charge is -2.57. The Balaban J connectivity index is 1.52. The van der Waals surface area contributed by atoms with Crippen molar-refractivity contribution in [3.05, 3.63) is 11.1 Å². The average Bonchev–Trinajstić information content (AvgIpc) is 3.07. The fraction of sp³-hybridized carbons (Fsp3) is 0.900. The maximum Gasteiger partial charge on any atom is 0.431 e. The molecular weight excluding hydrogens is 553 g/mol. The number of Topliss-reactive ketones (excluding diaryl/α,β-unsaturated/α-hetero) is 1. The summed E-state index contributed by atoms with van der Waals surface area (Å²) in [6.07, 6.45) is -9.66. The van der Waals surface area contributed by atoms with E-state index in [2.05, 4.69) is 26.6 Å². The molecule has 0 heterocycles. The normalized spacial score (nSPS) is 37.4. The third-order valence-corrected chi connectivity index (χ3v) is 11.9. The highest BCUT2D eigenvalue weighted by molar-refractivity contribution is 6.69. The molecule has 0 aromatic carbocycles. The van der Waals surface area contributed by atoms with Gasteiger partial charge >= 0.3 is 12.4 Å². The SMILES string of the molecule is [2H][C@H](C[C@@H](C)[C@H]1CC(=O)C2=C3CC[C@H]4C[C@@H](O[Si](C)(C)C)CC[C@]4(C)[C@H]3CC[C@@]21C)CC(F)(C(F)(F)F)C(F)(F)F. The molecule has 4 rings (SSSR count). The number of hydrogen-bond acceptors (Lipinski definition) is 2. The molecule has 0 saturated heterocycles. The summed E-state index contributed by atoms with van der Waals surface area (Å²) in [6.45, 7) is 12.7. The fourth-order valence-electron chi connectivity index (χ4n) is 8.86. The predicted octanol–water partition coefficient (Wildman–Crippen LogP) is 9.75. The number of ketones is 1. The van der Waals surface area contributed by atoms with Gasteiger partial charge in [0, 0.05) is 19.5 Å². The quantitative estimate of drug-likeness (QED) is 0.215. The van der Waals surface area contributed by atoms with Crippen molar-refractivity contribution in [1.82, 2.24) is 0 Å². The van der Waals surface area contributed by atoms with Crippen LogP contribution in [0.5, 0.6) is 0 Å². The molecule has 3 fully saturated rings. The summed E-state index contributed by atoms with van der Waals surface area (Å²) in [5, 5.41) is 0. The minimum absolute atomic E-state index is 0.0220. The molecule has 0 spiro atoms. The van der Waals surface area contributed by atoms with Crippen LogP contribution < -0.4 is 0 Å². The number of allylic oxidation sites excluding steroid dienone is 2. The van der Waals surface area contributed by atoms with Crippen molar-refractivity contribution < 1.29 is 41.3 Å². The van der Waals surface area contributed by atoms with Crippen molar-refractivity contribution in [3.8, 4) is 0 Å².